The van der Waals surface area contributed by atoms with E-state index in [4.69, 9.17) is 9.47 Å². The maximum Gasteiger partial charge on any atom is 0.225 e. The Hall–Kier alpha value is -2.28. The van der Waals surface area contributed by atoms with Crippen molar-refractivity contribution in [3.8, 4) is 11.5 Å². The third-order valence-electron chi connectivity index (χ3n) is 3.83. The fraction of sp³-hybridized carbons (Fsp3) is 0.312. The molecule has 1 N–H and O–H groups in total. The molecule has 2 aromatic rings. The van der Waals surface area contributed by atoms with E-state index < -0.39 is 0 Å². The van der Waals surface area contributed by atoms with Crippen LogP contribution >= 0.6 is 11.8 Å². The van der Waals surface area contributed by atoms with Crippen LogP contribution in [0, 0.1) is 0 Å². The Kier molecular flexibility index (Phi) is 4.38. The summed E-state index contributed by atoms with van der Waals surface area (Å²) >= 11 is 1.48. The highest BCUT2D eigenvalue weighted by molar-refractivity contribution is 7.98. The second-order valence-electron chi connectivity index (χ2n) is 5.10. The first-order valence-corrected chi connectivity index (χ1v) is 8.30. The van der Waals surface area contributed by atoms with E-state index >= 15 is 0 Å². The Labute approximate surface area is 138 Å². The Balaban J connectivity index is 2.07. The molecule has 3 rings (SSSR count). The van der Waals surface area contributed by atoms with Crippen LogP contribution in [0.4, 0.5) is 5.69 Å². The van der Waals surface area contributed by atoms with Crippen molar-refractivity contribution in [3.63, 3.8) is 0 Å². The number of rotatable bonds is 4. The molecular formula is C16H17N3O3S. The number of hydrogen-bond acceptors (Lipinski definition) is 6. The van der Waals surface area contributed by atoms with Crippen LogP contribution in [0.2, 0.25) is 0 Å². The van der Waals surface area contributed by atoms with Gasteiger partial charge in [-0.25, -0.2) is 9.97 Å². The number of carbonyl (C=O) groups is 1. The normalized spacial score (nSPS) is 16.5. The van der Waals surface area contributed by atoms with Gasteiger partial charge in [-0.15, -0.1) is 0 Å². The molecule has 120 valence electrons. The molecule has 0 radical (unpaired) electrons. The van der Waals surface area contributed by atoms with Gasteiger partial charge in [0, 0.05) is 36.5 Å². The van der Waals surface area contributed by atoms with Crippen LogP contribution < -0.4 is 14.8 Å². The van der Waals surface area contributed by atoms with Gasteiger partial charge in [0.15, 0.2) is 16.7 Å². The number of nitrogens with one attached hydrogen (secondary N) is 1. The predicted octanol–water partition coefficient (Wildman–Crippen LogP) is 2.69. The van der Waals surface area contributed by atoms with Gasteiger partial charge in [0.1, 0.15) is 0 Å². The molecule has 1 atom stereocenters. The zero-order chi connectivity index (χ0) is 16.4. The third-order valence-corrected chi connectivity index (χ3v) is 4.40. The van der Waals surface area contributed by atoms with Gasteiger partial charge in [0.2, 0.25) is 5.91 Å². The lowest BCUT2D eigenvalue weighted by Gasteiger charge is -2.26. The van der Waals surface area contributed by atoms with Crippen LogP contribution in [0.1, 0.15) is 23.5 Å². The number of carbonyl (C=O) groups excluding carboxylic acids is 1. The van der Waals surface area contributed by atoms with E-state index in [2.05, 4.69) is 15.3 Å². The van der Waals surface area contributed by atoms with E-state index in [9.17, 15) is 4.79 Å². The minimum absolute atomic E-state index is 0.0383. The number of anilines is 1. The largest absolute Gasteiger partial charge is 0.493 e. The van der Waals surface area contributed by atoms with Crippen molar-refractivity contribution in [2.24, 2.45) is 0 Å². The lowest BCUT2D eigenvalue weighted by Crippen LogP contribution is -2.24. The average Bonchev–Trinajstić information content (AvgIpc) is 2.59. The van der Waals surface area contributed by atoms with Gasteiger partial charge in [0.05, 0.1) is 14.2 Å². The molecule has 23 heavy (non-hydrogen) atoms. The Morgan fingerprint density at radius 2 is 1.83 bits per heavy atom. The van der Waals surface area contributed by atoms with Crippen molar-refractivity contribution in [3.05, 3.63) is 35.7 Å². The minimum Gasteiger partial charge on any atom is -0.493 e. The van der Waals surface area contributed by atoms with Gasteiger partial charge in [-0.2, -0.15) is 0 Å². The smallest absolute Gasteiger partial charge is 0.225 e. The molecule has 1 unspecified atom stereocenters. The highest BCUT2D eigenvalue weighted by Gasteiger charge is 2.29. The first kappa shape index (κ1) is 15.6. The van der Waals surface area contributed by atoms with Gasteiger partial charge >= 0.3 is 0 Å². The van der Waals surface area contributed by atoms with Crippen molar-refractivity contribution < 1.29 is 14.3 Å². The summed E-state index contributed by atoms with van der Waals surface area (Å²) in [5.74, 6) is 1.08. The second-order valence-corrected chi connectivity index (χ2v) is 5.88. The molecule has 1 aromatic heterocycles. The first-order chi connectivity index (χ1) is 11.2. The Bertz CT molecular complexity index is 734. The van der Waals surface area contributed by atoms with E-state index in [-0.39, 0.29) is 11.8 Å². The molecule has 1 amide bonds. The van der Waals surface area contributed by atoms with E-state index in [0.29, 0.717) is 23.1 Å². The summed E-state index contributed by atoms with van der Waals surface area (Å²) in [5, 5.41) is 3.60. The molecule has 0 saturated heterocycles. The Morgan fingerprint density at radius 1 is 1.17 bits per heavy atom. The standard InChI is InChI=1S/C16H17N3O3S/c1-21-13-4-11-10(9-7-17-16(23-3)18-8-9)5-15(20)19-12(11)6-14(13)22-2/h4,6-8,10H,5H2,1-3H3,(H,19,20). The summed E-state index contributed by atoms with van der Waals surface area (Å²) in [5.41, 5.74) is 2.62. The second kappa shape index (κ2) is 6.45. The van der Waals surface area contributed by atoms with Crippen LogP contribution in [-0.4, -0.2) is 36.4 Å². The molecule has 0 spiro atoms. The van der Waals surface area contributed by atoms with Gasteiger partial charge in [0.25, 0.3) is 0 Å². The lowest BCUT2D eigenvalue weighted by atomic mass is 9.86. The number of methoxy groups -OCH3 is 2. The molecular weight excluding hydrogens is 314 g/mol. The molecule has 0 bridgehead atoms. The summed E-state index contributed by atoms with van der Waals surface area (Å²) in [6.07, 6.45) is 5.84. The summed E-state index contributed by atoms with van der Waals surface area (Å²) in [4.78, 5) is 20.7. The molecule has 2 heterocycles. The zero-order valence-corrected chi connectivity index (χ0v) is 13.9. The first-order valence-electron chi connectivity index (χ1n) is 7.08. The fourth-order valence-corrected chi connectivity index (χ4v) is 3.01. The summed E-state index contributed by atoms with van der Waals surface area (Å²) in [7, 11) is 3.17. The summed E-state index contributed by atoms with van der Waals surface area (Å²) in [6.45, 7) is 0. The maximum absolute atomic E-state index is 12.1. The SMILES string of the molecule is COc1cc2c(cc1OC)C(c1cnc(SC)nc1)CC(=O)N2. The topological polar surface area (TPSA) is 73.3 Å². The van der Waals surface area contributed by atoms with Crippen LogP contribution in [-0.2, 0) is 4.79 Å². The quantitative estimate of drug-likeness (QED) is 0.686. The number of hydrogen-bond donors (Lipinski definition) is 1. The summed E-state index contributed by atoms with van der Waals surface area (Å²) in [6, 6.07) is 3.69. The maximum atomic E-state index is 12.1. The van der Waals surface area contributed by atoms with Crippen LogP contribution in [0.5, 0.6) is 11.5 Å². The van der Waals surface area contributed by atoms with Crippen LogP contribution in [0.25, 0.3) is 0 Å². The van der Waals surface area contributed by atoms with Crippen molar-refractivity contribution in [2.75, 3.05) is 25.8 Å². The number of thioether (sulfide) groups is 1. The highest BCUT2D eigenvalue weighted by Crippen LogP contribution is 2.42. The number of benzene rings is 1. The highest BCUT2D eigenvalue weighted by atomic mass is 32.2. The van der Waals surface area contributed by atoms with Gasteiger partial charge in [-0.1, -0.05) is 11.8 Å². The van der Waals surface area contributed by atoms with E-state index in [0.717, 1.165) is 16.8 Å². The van der Waals surface area contributed by atoms with Crippen molar-refractivity contribution in [2.45, 2.75) is 17.5 Å². The van der Waals surface area contributed by atoms with Gasteiger partial charge in [-0.3, -0.25) is 4.79 Å². The van der Waals surface area contributed by atoms with Gasteiger partial charge in [-0.05, 0) is 23.4 Å². The van der Waals surface area contributed by atoms with Crippen LogP contribution in [0.15, 0.2) is 29.7 Å². The summed E-state index contributed by atoms with van der Waals surface area (Å²) < 4.78 is 10.7. The lowest BCUT2D eigenvalue weighted by molar-refractivity contribution is -0.116. The molecule has 1 aliphatic heterocycles. The predicted molar refractivity (Wildman–Crippen MR) is 88.4 cm³/mol. The molecule has 1 aromatic carbocycles. The zero-order valence-electron chi connectivity index (χ0n) is 13.1. The number of nitrogens with zero attached hydrogens (tertiary/aromatic N) is 2. The van der Waals surface area contributed by atoms with E-state index in [1.807, 2.05) is 12.3 Å². The molecule has 0 aliphatic carbocycles. The number of ether oxygens (including phenoxy) is 2. The van der Waals surface area contributed by atoms with E-state index in [1.54, 1.807) is 32.7 Å². The third kappa shape index (κ3) is 2.96. The number of amides is 1. The molecule has 0 fully saturated rings. The van der Waals surface area contributed by atoms with Gasteiger partial charge < -0.3 is 14.8 Å². The van der Waals surface area contributed by atoms with Crippen molar-refractivity contribution in [1.29, 1.82) is 0 Å². The van der Waals surface area contributed by atoms with E-state index in [1.165, 1.54) is 11.8 Å². The molecule has 1 aliphatic rings. The average molecular weight is 331 g/mol. The Morgan fingerprint density at radius 3 is 2.43 bits per heavy atom. The fourth-order valence-electron chi connectivity index (χ4n) is 2.70. The van der Waals surface area contributed by atoms with Crippen LogP contribution in [0.3, 0.4) is 0 Å². The van der Waals surface area contributed by atoms with Crippen molar-refractivity contribution in [1.82, 2.24) is 9.97 Å². The molecule has 7 heteroatoms. The number of fused-ring (bicyclic) bond motifs is 1. The minimum atomic E-state index is -0.102. The van der Waals surface area contributed by atoms with Crippen molar-refractivity contribution >= 4 is 23.4 Å². The monoisotopic (exact) mass is 331 g/mol. The number of aromatic nitrogens is 2. The molecule has 0 saturated carbocycles. The molecule has 6 nitrogen and oxygen atoms in total.